The second-order valence-electron chi connectivity index (χ2n) is 5.80. The molecule has 0 unspecified atom stereocenters. The number of fused-ring (bicyclic) bond motifs is 1. The largest absolute Gasteiger partial charge is 0.486 e. The van der Waals surface area contributed by atoms with Crippen LogP contribution in [0, 0.1) is 0 Å². The van der Waals surface area contributed by atoms with Crippen LogP contribution in [0.4, 0.5) is 0 Å². The molecule has 4 rings (SSSR count). The summed E-state index contributed by atoms with van der Waals surface area (Å²) in [6, 6.07) is 15.1. The third-order valence-electron chi connectivity index (χ3n) is 3.92. The smallest absolute Gasteiger partial charge is 0.310 e. The number of hydrogen-bond donors (Lipinski definition) is 0. The topological polar surface area (TPSA) is 70.8 Å². The van der Waals surface area contributed by atoms with Crippen molar-refractivity contribution in [2.24, 2.45) is 0 Å². The molecule has 6 nitrogen and oxygen atoms in total. The molecule has 2 aromatic carbocycles. The highest BCUT2D eigenvalue weighted by atomic mass is 16.6. The van der Waals surface area contributed by atoms with Crippen molar-refractivity contribution in [1.29, 1.82) is 0 Å². The minimum Gasteiger partial charge on any atom is -0.486 e. The zero-order valence-electron chi connectivity index (χ0n) is 14.0. The SMILES string of the molecule is O=C(Cc1ccc2c(c1)OCCO2)OCc1ncc(-c2ccccc2)o1. The van der Waals surface area contributed by atoms with Gasteiger partial charge in [-0.3, -0.25) is 4.79 Å². The van der Waals surface area contributed by atoms with E-state index in [1.54, 1.807) is 18.3 Å². The number of aromatic nitrogens is 1. The number of carbonyl (C=O) groups is 1. The summed E-state index contributed by atoms with van der Waals surface area (Å²) in [6.45, 7) is 1.04. The van der Waals surface area contributed by atoms with Crippen molar-refractivity contribution in [3.8, 4) is 22.8 Å². The third kappa shape index (κ3) is 3.69. The van der Waals surface area contributed by atoms with Gasteiger partial charge in [0.15, 0.2) is 23.9 Å². The number of hydrogen-bond acceptors (Lipinski definition) is 6. The van der Waals surface area contributed by atoms with Crippen molar-refractivity contribution in [1.82, 2.24) is 4.98 Å². The second kappa shape index (κ2) is 7.31. The Morgan fingerprint density at radius 1 is 1.04 bits per heavy atom. The average molecular weight is 351 g/mol. The fourth-order valence-corrected chi connectivity index (χ4v) is 2.67. The van der Waals surface area contributed by atoms with E-state index in [9.17, 15) is 4.79 Å². The van der Waals surface area contributed by atoms with Gasteiger partial charge in [0.2, 0.25) is 5.89 Å². The molecule has 2 heterocycles. The van der Waals surface area contributed by atoms with Crippen LogP contribution in [-0.2, 0) is 22.6 Å². The Kier molecular flexibility index (Phi) is 4.55. The van der Waals surface area contributed by atoms with Crippen LogP contribution >= 0.6 is 0 Å². The van der Waals surface area contributed by atoms with Gasteiger partial charge in [-0.2, -0.15) is 0 Å². The molecule has 0 spiro atoms. The zero-order chi connectivity index (χ0) is 17.8. The summed E-state index contributed by atoms with van der Waals surface area (Å²) in [7, 11) is 0. The van der Waals surface area contributed by atoms with Gasteiger partial charge in [0.1, 0.15) is 13.2 Å². The number of benzene rings is 2. The van der Waals surface area contributed by atoms with Crippen molar-refractivity contribution >= 4 is 5.97 Å². The molecule has 0 N–H and O–H groups in total. The number of esters is 1. The number of carbonyl (C=O) groups excluding carboxylic acids is 1. The first-order chi connectivity index (χ1) is 12.8. The Bertz CT molecular complexity index is 904. The van der Waals surface area contributed by atoms with E-state index in [-0.39, 0.29) is 19.0 Å². The van der Waals surface area contributed by atoms with E-state index >= 15 is 0 Å². The molecule has 1 aliphatic heterocycles. The Morgan fingerprint density at radius 2 is 1.85 bits per heavy atom. The number of oxazole rings is 1. The molecule has 0 radical (unpaired) electrons. The summed E-state index contributed by atoms with van der Waals surface area (Å²) in [5.41, 5.74) is 1.73. The minimum absolute atomic E-state index is 0.00375. The predicted octanol–water partition coefficient (Wildman–Crippen LogP) is 3.40. The van der Waals surface area contributed by atoms with E-state index in [1.807, 2.05) is 36.4 Å². The molecule has 26 heavy (non-hydrogen) atoms. The van der Waals surface area contributed by atoms with Crippen molar-refractivity contribution in [2.75, 3.05) is 13.2 Å². The summed E-state index contributed by atoms with van der Waals surface area (Å²) in [6.07, 6.45) is 1.77. The summed E-state index contributed by atoms with van der Waals surface area (Å²) in [5, 5.41) is 0. The fraction of sp³-hybridized carbons (Fsp3) is 0.200. The normalized spacial score (nSPS) is 12.6. The Labute approximate surface area is 150 Å². The Morgan fingerprint density at radius 3 is 2.69 bits per heavy atom. The van der Waals surface area contributed by atoms with Gasteiger partial charge in [0.05, 0.1) is 12.6 Å². The van der Waals surface area contributed by atoms with E-state index in [0.29, 0.717) is 36.4 Å². The highest BCUT2D eigenvalue weighted by Gasteiger charge is 2.14. The van der Waals surface area contributed by atoms with Crippen molar-refractivity contribution in [3.63, 3.8) is 0 Å². The molecule has 3 aromatic rings. The average Bonchev–Trinajstić information content (AvgIpc) is 3.16. The highest BCUT2D eigenvalue weighted by molar-refractivity contribution is 5.73. The van der Waals surface area contributed by atoms with Crippen molar-refractivity contribution in [3.05, 3.63) is 66.2 Å². The molecular formula is C20H17NO5. The third-order valence-corrected chi connectivity index (χ3v) is 3.92. The second-order valence-corrected chi connectivity index (χ2v) is 5.80. The van der Waals surface area contributed by atoms with Crippen LogP contribution in [0.2, 0.25) is 0 Å². The van der Waals surface area contributed by atoms with Gasteiger partial charge >= 0.3 is 5.97 Å². The maximum absolute atomic E-state index is 12.1. The summed E-state index contributed by atoms with van der Waals surface area (Å²) < 4.78 is 21.9. The summed E-state index contributed by atoms with van der Waals surface area (Å²) in [4.78, 5) is 16.2. The lowest BCUT2D eigenvalue weighted by atomic mass is 10.1. The molecule has 6 heteroatoms. The lowest BCUT2D eigenvalue weighted by Gasteiger charge is -2.18. The van der Waals surface area contributed by atoms with E-state index in [4.69, 9.17) is 18.6 Å². The predicted molar refractivity (Wildman–Crippen MR) is 92.9 cm³/mol. The first-order valence-electron chi connectivity index (χ1n) is 8.32. The lowest BCUT2D eigenvalue weighted by molar-refractivity contribution is -0.144. The molecule has 0 fully saturated rings. The molecule has 0 bridgehead atoms. The van der Waals surface area contributed by atoms with Gasteiger partial charge in [-0.05, 0) is 17.7 Å². The lowest BCUT2D eigenvalue weighted by Crippen LogP contribution is -2.16. The molecule has 0 saturated carbocycles. The van der Waals surface area contributed by atoms with Gasteiger partial charge in [0.25, 0.3) is 0 Å². The van der Waals surface area contributed by atoms with Crippen LogP contribution in [0.15, 0.2) is 59.1 Å². The maximum atomic E-state index is 12.1. The first kappa shape index (κ1) is 16.2. The summed E-state index contributed by atoms with van der Waals surface area (Å²) >= 11 is 0. The molecule has 0 saturated heterocycles. The van der Waals surface area contributed by atoms with Crippen molar-refractivity contribution in [2.45, 2.75) is 13.0 Å². The summed E-state index contributed by atoms with van der Waals surface area (Å²) in [5.74, 6) is 1.99. The zero-order valence-corrected chi connectivity index (χ0v) is 14.0. The number of nitrogens with zero attached hydrogens (tertiary/aromatic N) is 1. The molecule has 132 valence electrons. The number of ether oxygens (including phenoxy) is 3. The van der Waals surface area contributed by atoms with Crippen molar-refractivity contribution < 1.29 is 23.4 Å². The van der Waals surface area contributed by atoms with E-state index in [0.717, 1.165) is 11.1 Å². The first-order valence-corrected chi connectivity index (χ1v) is 8.32. The number of rotatable bonds is 5. The van der Waals surface area contributed by atoms with Gasteiger partial charge in [-0.15, -0.1) is 0 Å². The van der Waals surface area contributed by atoms with Gasteiger partial charge in [-0.25, -0.2) is 4.98 Å². The Balaban J connectivity index is 1.34. The van der Waals surface area contributed by atoms with E-state index in [2.05, 4.69) is 4.98 Å². The molecule has 0 amide bonds. The van der Waals surface area contributed by atoms with Gasteiger partial charge < -0.3 is 18.6 Å². The van der Waals surface area contributed by atoms with Gasteiger partial charge in [-0.1, -0.05) is 36.4 Å². The van der Waals surface area contributed by atoms with Crippen LogP contribution in [0.1, 0.15) is 11.5 Å². The van der Waals surface area contributed by atoms with Crippen LogP contribution in [-0.4, -0.2) is 24.2 Å². The van der Waals surface area contributed by atoms with Crippen LogP contribution in [0.5, 0.6) is 11.5 Å². The van der Waals surface area contributed by atoms with Gasteiger partial charge in [0, 0.05) is 5.56 Å². The Hall–Kier alpha value is -3.28. The molecule has 1 aliphatic rings. The minimum atomic E-state index is -0.360. The van der Waals surface area contributed by atoms with E-state index < -0.39 is 0 Å². The molecular weight excluding hydrogens is 334 g/mol. The molecule has 0 atom stereocenters. The maximum Gasteiger partial charge on any atom is 0.310 e. The molecule has 0 aliphatic carbocycles. The van der Waals surface area contributed by atoms with Crippen LogP contribution < -0.4 is 9.47 Å². The van der Waals surface area contributed by atoms with E-state index in [1.165, 1.54) is 0 Å². The fourth-order valence-electron chi connectivity index (χ4n) is 2.67. The van der Waals surface area contributed by atoms with Crippen LogP contribution in [0.3, 0.4) is 0 Å². The molecule has 1 aromatic heterocycles. The monoisotopic (exact) mass is 351 g/mol. The quantitative estimate of drug-likeness (QED) is 0.656. The standard InChI is InChI=1S/C20H17NO5/c22-20(11-14-6-7-16-17(10-14)24-9-8-23-16)25-13-19-21-12-18(26-19)15-4-2-1-3-5-15/h1-7,10,12H,8-9,11,13H2. The highest BCUT2D eigenvalue weighted by Crippen LogP contribution is 2.31. The van der Waals surface area contributed by atoms with Crippen LogP contribution in [0.25, 0.3) is 11.3 Å².